The molecule has 7 heteroatoms. The first-order chi connectivity index (χ1) is 10.1. The SMILES string of the molecule is NC(=O)c1ccc(NC(=O)c2cnn3c2OCCC3)cc1. The lowest BCUT2D eigenvalue weighted by atomic mass is 10.2. The Morgan fingerprint density at radius 3 is 2.76 bits per heavy atom. The number of fused-ring (bicyclic) bond motifs is 1. The number of carbonyl (C=O) groups is 2. The largest absolute Gasteiger partial charge is 0.477 e. The Balaban J connectivity index is 1.77. The van der Waals surface area contributed by atoms with E-state index in [9.17, 15) is 9.59 Å². The van der Waals surface area contributed by atoms with Gasteiger partial charge in [-0.05, 0) is 24.3 Å². The molecule has 0 unspecified atom stereocenters. The number of hydrogen-bond donors (Lipinski definition) is 2. The van der Waals surface area contributed by atoms with Gasteiger partial charge in [-0.15, -0.1) is 0 Å². The van der Waals surface area contributed by atoms with Gasteiger partial charge >= 0.3 is 0 Å². The molecule has 7 nitrogen and oxygen atoms in total. The predicted octanol–water partition coefficient (Wildman–Crippen LogP) is 1.02. The smallest absolute Gasteiger partial charge is 0.262 e. The van der Waals surface area contributed by atoms with Crippen LogP contribution in [0.15, 0.2) is 30.5 Å². The third-order valence-electron chi connectivity index (χ3n) is 3.22. The maximum Gasteiger partial charge on any atom is 0.262 e. The number of ether oxygens (including phenoxy) is 1. The lowest BCUT2D eigenvalue weighted by Crippen LogP contribution is -2.18. The van der Waals surface area contributed by atoms with E-state index < -0.39 is 5.91 Å². The molecule has 0 saturated heterocycles. The van der Waals surface area contributed by atoms with Crippen LogP contribution in [0.4, 0.5) is 5.69 Å². The number of aryl methyl sites for hydroxylation is 1. The second-order valence-electron chi connectivity index (χ2n) is 4.68. The molecule has 0 fully saturated rings. The second kappa shape index (κ2) is 5.28. The number of anilines is 1. The van der Waals surface area contributed by atoms with E-state index in [2.05, 4.69) is 10.4 Å². The fraction of sp³-hybridized carbons (Fsp3) is 0.214. The molecule has 1 aliphatic heterocycles. The average molecular weight is 286 g/mol. The molecule has 1 aromatic heterocycles. The number of nitrogens with two attached hydrogens (primary N) is 1. The Morgan fingerprint density at radius 2 is 2.05 bits per heavy atom. The number of rotatable bonds is 3. The zero-order valence-electron chi connectivity index (χ0n) is 11.2. The summed E-state index contributed by atoms with van der Waals surface area (Å²) in [5.41, 5.74) is 6.52. The molecular weight excluding hydrogens is 272 g/mol. The highest BCUT2D eigenvalue weighted by atomic mass is 16.5. The maximum absolute atomic E-state index is 12.2. The lowest BCUT2D eigenvalue weighted by Gasteiger charge is -2.15. The number of hydrogen-bond acceptors (Lipinski definition) is 4. The number of amides is 2. The molecule has 3 N–H and O–H groups in total. The fourth-order valence-electron chi connectivity index (χ4n) is 2.14. The Labute approximate surface area is 120 Å². The molecule has 108 valence electrons. The van der Waals surface area contributed by atoms with Crippen LogP contribution in [-0.4, -0.2) is 28.2 Å². The number of benzene rings is 1. The molecule has 1 aromatic carbocycles. The van der Waals surface area contributed by atoms with Crippen molar-refractivity contribution in [3.8, 4) is 5.88 Å². The van der Waals surface area contributed by atoms with E-state index in [4.69, 9.17) is 10.5 Å². The van der Waals surface area contributed by atoms with Gasteiger partial charge in [-0.25, -0.2) is 4.68 Å². The second-order valence-corrected chi connectivity index (χ2v) is 4.68. The van der Waals surface area contributed by atoms with E-state index in [1.807, 2.05) is 0 Å². The van der Waals surface area contributed by atoms with Crippen LogP contribution < -0.4 is 15.8 Å². The zero-order chi connectivity index (χ0) is 14.8. The minimum Gasteiger partial charge on any atom is -0.477 e. The number of nitrogens with zero attached hydrogens (tertiary/aromatic N) is 2. The van der Waals surface area contributed by atoms with Crippen LogP contribution in [-0.2, 0) is 6.54 Å². The molecule has 2 aromatic rings. The summed E-state index contributed by atoms with van der Waals surface area (Å²) in [7, 11) is 0. The predicted molar refractivity (Wildman–Crippen MR) is 75.3 cm³/mol. The maximum atomic E-state index is 12.2. The molecule has 0 spiro atoms. The Hall–Kier alpha value is -2.83. The van der Waals surface area contributed by atoms with Gasteiger partial charge in [0.1, 0.15) is 5.56 Å². The average Bonchev–Trinajstić information content (AvgIpc) is 2.92. The third kappa shape index (κ3) is 2.58. The van der Waals surface area contributed by atoms with Crippen LogP contribution >= 0.6 is 0 Å². The summed E-state index contributed by atoms with van der Waals surface area (Å²) < 4.78 is 7.16. The molecule has 0 atom stereocenters. The van der Waals surface area contributed by atoms with Crippen molar-refractivity contribution in [3.05, 3.63) is 41.6 Å². The standard InChI is InChI=1S/C14H14N4O3/c15-12(19)9-2-4-10(5-3-9)17-13(20)11-8-16-18-6-1-7-21-14(11)18/h2-5,8H,1,6-7H2,(H2,15,19)(H,17,20). The topological polar surface area (TPSA) is 99.2 Å². The molecule has 3 rings (SSSR count). The van der Waals surface area contributed by atoms with Crippen molar-refractivity contribution in [3.63, 3.8) is 0 Å². The minimum atomic E-state index is -0.507. The van der Waals surface area contributed by atoms with Gasteiger partial charge in [0, 0.05) is 24.2 Å². The summed E-state index contributed by atoms with van der Waals surface area (Å²) in [6, 6.07) is 6.35. The minimum absolute atomic E-state index is 0.301. The summed E-state index contributed by atoms with van der Waals surface area (Å²) in [6.07, 6.45) is 2.37. The highest BCUT2D eigenvalue weighted by molar-refractivity contribution is 6.06. The van der Waals surface area contributed by atoms with Crippen molar-refractivity contribution in [2.45, 2.75) is 13.0 Å². The summed E-state index contributed by atoms with van der Waals surface area (Å²) in [6.45, 7) is 1.33. The van der Waals surface area contributed by atoms with Gasteiger partial charge in [-0.3, -0.25) is 9.59 Å². The van der Waals surface area contributed by atoms with E-state index in [1.165, 1.54) is 6.20 Å². The molecule has 2 heterocycles. The molecule has 0 radical (unpaired) electrons. The van der Waals surface area contributed by atoms with Crippen LogP contribution in [0, 0.1) is 0 Å². The Bertz CT molecular complexity index is 691. The van der Waals surface area contributed by atoms with Gasteiger partial charge in [0.05, 0.1) is 12.8 Å². The molecule has 2 amide bonds. The Kier molecular flexibility index (Phi) is 3.31. The molecule has 1 aliphatic rings. The van der Waals surface area contributed by atoms with Gasteiger partial charge in [-0.2, -0.15) is 5.10 Å². The fourth-order valence-corrected chi connectivity index (χ4v) is 2.14. The first-order valence-corrected chi connectivity index (χ1v) is 6.55. The number of carbonyl (C=O) groups excluding carboxylic acids is 2. The van der Waals surface area contributed by atoms with Crippen molar-refractivity contribution < 1.29 is 14.3 Å². The van der Waals surface area contributed by atoms with E-state index in [0.29, 0.717) is 29.3 Å². The summed E-state index contributed by atoms with van der Waals surface area (Å²) in [5, 5.41) is 6.86. The van der Waals surface area contributed by atoms with Crippen molar-refractivity contribution in [2.24, 2.45) is 5.73 Å². The molecular formula is C14H14N4O3. The quantitative estimate of drug-likeness (QED) is 0.879. The number of nitrogens with one attached hydrogen (secondary N) is 1. The van der Waals surface area contributed by atoms with Crippen LogP contribution in [0.3, 0.4) is 0 Å². The molecule has 21 heavy (non-hydrogen) atoms. The Morgan fingerprint density at radius 1 is 1.29 bits per heavy atom. The molecule has 0 aliphatic carbocycles. The van der Waals surface area contributed by atoms with Crippen molar-refractivity contribution in [2.75, 3.05) is 11.9 Å². The number of primary amides is 1. The van der Waals surface area contributed by atoms with Crippen molar-refractivity contribution in [1.82, 2.24) is 9.78 Å². The van der Waals surface area contributed by atoms with E-state index in [0.717, 1.165) is 13.0 Å². The van der Waals surface area contributed by atoms with E-state index >= 15 is 0 Å². The van der Waals surface area contributed by atoms with Gasteiger partial charge in [0.25, 0.3) is 5.91 Å². The number of aromatic nitrogens is 2. The van der Waals surface area contributed by atoms with Crippen LogP contribution in [0.25, 0.3) is 0 Å². The normalized spacial score (nSPS) is 13.1. The van der Waals surface area contributed by atoms with Crippen molar-refractivity contribution >= 4 is 17.5 Å². The summed E-state index contributed by atoms with van der Waals surface area (Å²) in [4.78, 5) is 23.2. The van der Waals surface area contributed by atoms with Crippen molar-refractivity contribution in [1.29, 1.82) is 0 Å². The highest BCUT2D eigenvalue weighted by Gasteiger charge is 2.21. The van der Waals surface area contributed by atoms with E-state index in [-0.39, 0.29) is 5.91 Å². The monoisotopic (exact) mass is 286 g/mol. The molecule has 0 bridgehead atoms. The van der Waals surface area contributed by atoms with E-state index in [1.54, 1.807) is 28.9 Å². The van der Waals surface area contributed by atoms with Crippen LogP contribution in [0.2, 0.25) is 0 Å². The van der Waals surface area contributed by atoms with Gasteiger partial charge in [0.2, 0.25) is 11.8 Å². The highest BCUT2D eigenvalue weighted by Crippen LogP contribution is 2.23. The van der Waals surface area contributed by atoms with Gasteiger partial charge in [-0.1, -0.05) is 0 Å². The van der Waals surface area contributed by atoms with Gasteiger partial charge < -0.3 is 15.8 Å². The molecule has 0 saturated carbocycles. The summed E-state index contributed by atoms with van der Waals surface area (Å²) >= 11 is 0. The third-order valence-corrected chi connectivity index (χ3v) is 3.22. The summed E-state index contributed by atoms with van der Waals surface area (Å²) in [5.74, 6) is -0.315. The first kappa shape index (κ1) is 13.2. The first-order valence-electron chi connectivity index (χ1n) is 6.55. The lowest BCUT2D eigenvalue weighted by molar-refractivity contribution is 0.0997. The van der Waals surface area contributed by atoms with Crippen LogP contribution in [0.5, 0.6) is 5.88 Å². The zero-order valence-corrected chi connectivity index (χ0v) is 11.2. The van der Waals surface area contributed by atoms with Gasteiger partial charge in [0.15, 0.2) is 0 Å². The van der Waals surface area contributed by atoms with Crippen LogP contribution in [0.1, 0.15) is 27.1 Å².